The minimum absolute atomic E-state index is 0.104. The number of amides is 1. The third-order valence-electron chi connectivity index (χ3n) is 3.64. The average molecular weight is 316 g/mol. The Morgan fingerprint density at radius 2 is 2.17 bits per heavy atom. The van der Waals surface area contributed by atoms with Crippen LogP contribution in [0.3, 0.4) is 0 Å². The summed E-state index contributed by atoms with van der Waals surface area (Å²) in [4.78, 5) is 24.6. The molecule has 2 aromatic heterocycles. The highest BCUT2D eigenvalue weighted by Crippen LogP contribution is 2.38. The number of carbonyl (C=O) groups is 1. The lowest BCUT2D eigenvalue weighted by Gasteiger charge is -2.08. The molecule has 2 aromatic rings. The van der Waals surface area contributed by atoms with Crippen LogP contribution in [-0.4, -0.2) is 32.6 Å². The number of nitrogen functional groups attached to an aromatic ring is 1. The van der Waals surface area contributed by atoms with Gasteiger partial charge in [0.25, 0.3) is 5.91 Å². The van der Waals surface area contributed by atoms with Gasteiger partial charge in [0, 0.05) is 24.6 Å². The smallest absolute Gasteiger partial charge is 0.270 e. The van der Waals surface area contributed by atoms with Gasteiger partial charge in [-0.15, -0.1) is 0 Å². The first-order valence-corrected chi connectivity index (χ1v) is 7.78. The Morgan fingerprint density at radius 3 is 2.87 bits per heavy atom. The van der Waals surface area contributed by atoms with Gasteiger partial charge in [0.1, 0.15) is 5.69 Å². The largest absolute Gasteiger partial charge is 0.368 e. The van der Waals surface area contributed by atoms with E-state index >= 15 is 0 Å². The molecule has 0 saturated heterocycles. The van der Waals surface area contributed by atoms with Crippen molar-refractivity contribution in [2.24, 2.45) is 0 Å². The summed E-state index contributed by atoms with van der Waals surface area (Å²) >= 11 is 0. The van der Waals surface area contributed by atoms with Crippen LogP contribution in [-0.2, 0) is 6.42 Å². The van der Waals surface area contributed by atoms with Crippen LogP contribution in [0.25, 0.3) is 0 Å². The second-order valence-corrected chi connectivity index (χ2v) is 6.02. The van der Waals surface area contributed by atoms with Crippen LogP contribution in [0.2, 0.25) is 0 Å². The minimum atomic E-state index is -0.289. The van der Waals surface area contributed by atoms with Crippen molar-refractivity contribution in [2.75, 3.05) is 12.3 Å². The molecule has 1 aliphatic carbocycles. The molecule has 0 atom stereocenters. The Labute approximate surface area is 133 Å². The molecule has 1 aliphatic rings. The van der Waals surface area contributed by atoms with Crippen molar-refractivity contribution < 1.29 is 9.32 Å². The van der Waals surface area contributed by atoms with E-state index in [1.165, 1.54) is 0 Å². The first kappa shape index (κ1) is 15.4. The number of nitrogens with one attached hydrogen (secondary N) is 1. The first-order chi connectivity index (χ1) is 11.0. The molecule has 3 N–H and O–H groups in total. The summed E-state index contributed by atoms with van der Waals surface area (Å²) in [6, 6.07) is 1.66. The van der Waals surface area contributed by atoms with Crippen LogP contribution >= 0.6 is 0 Å². The number of aromatic nitrogens is 4. The number of hydrogen-bond acceptors (Lipinski definition) is 7. The van der Waals surface area contributed by atoms with E-state index in [0.717, 1.165) is 24.4 Å². The Bertz CT molecular complexity index is 708. The quantitative estimate of drug-likeness (QED) is 0.826. The Morgan fingerprint density at radius 1 is 1.39 bits per heavy atom. The van der Waals surface area contributed by atoms with Crippen molar-refractivity contribution in [3.63, 3.8) is 0 Å². The second-order valence-electron chi connectivity index (χ2n) is 6.02. The van der Waals surface area contributed by atoms with Gasteiger partial charge >= 0.3 is 0 Å². The summed E-state index contributed by atoms with van der Waals surface area (Å²) in [6.07, 6.45) is 2.75. The highest BCUT2D eigenvalue weighted by atomic mass is 16.5. The molecule has 0 unspecified atom stereocenters. The van der Waals surface area contributed by atoms with Crippen LogP contribution in [0, 0.1) is 0 Å². The van der Waals surface area contributed by atoms with E-state index in [4.69, 9.17) is 10.3 Å². The number of rotatable bonds is 6. The molecule has 122 valence electrons. The average Bonchev–Trinajstić information content (AvgIpc) is 3.26. The fourth-order valence-corrected chi connectivity index (χ4v) is 2.15. The number of carbonyl (C=O) groups excluding carboxylic acids is 1. The van der Waals surface area contributed by atoms with Gasteiger partial charge in [-0.2, -0.15) is 4.98 Å². The van der Waals surface area contributed by atoms with Crippen LogP contribution in [0.1, 0.15) is 66.4 Å². The zero-order valence-corrected chi connectivity index (χ0v) is 13.2. The zero-order valence-electron chi connectivity index (χ0n) is 13.2. The van der Waals surface area contributed by atoms with Crippen molar-refractivity contribution in [2.45, 2.75) is 44.9 Å². The molecule has 23 heavy (non-hydrogen) atoms. The SMILES string of the molecule is CC(C)c1cc(C(=O)NCCc2nc(C3CC3)no2)nc(N)n1. The van der Waals surface area contributed by atoms with Crippen molar-refractivity contribution in [1.29, 1.82) is 0 Å². The van der Waals surface area contributed by atoms with Gasteiger partial charge in [-0.3, -0.25) is 4.79 Å². The molecular weight excluding hydrogens is 296 g/mol. The monoisotopic (exact) mass is 316 g/mol. The lowest BCUT2D eigenvalue weighted by molar-refractivity contribution is 0.0948. The number of hydrogen-bond donors (Lipinski definition) is 2. The van der Waals surface area contributed by atoms with Gasteiger partial charge in [0.2, 0.25) is 11.8 Å². The van der Waals surface area contributed by atoms with E-state index in [2.05, 4.69) is 25.4 Å². The molecule has 8 nitrogen and oxygen atoms in total. The molecule has 0 radical (unpaired) electrons. The van der Waals surface area contributed by atoms with Gasteiger partial charge < -0.3 is 15.6 Å². The maximum Gasteiger partial charge on any atom is 0.270 e. The standard InChI is InChI=1S/C15H20N6O2/c1-8(2)10-7-11(19-15(16)18-10)14(22)17-6-5-12-20-13(21-23-12)9-3-4-9/h7-9H,3-6H2,1-2H3,(H,17,22)(H2,16,18,19). The molecule has 1 fully saturated rings. The van der Waals surface area contributed by atoms with E-state index in [1.54, 1.807) is 6.07 Å². The fourth-order valence-electron chi connectivity index (χ4n) is 2.15. The van der Waals surface area contributed by atoms with Gasteiger partial charge in [-0.05, 0) is 24.8 Å². The lowest BCUT2D eigenvalue weighted by atomic mass is 10.1. The molecule has 3 rings (SSSR count). The molecule has 0 spiro atoms. The predicted octanol–water partition coefficient (Wildman–Crippen LogP) is 1.42. The van der Waals surface area contributed by atoms with E-state index in [1.807, 2.05) is 13.8 Å². The maximum absolute atomic E-state index is 12.2. The molecule has 2 heterocycles. The summed E-state index contributed by atoms with van der Waals surface area (Å²) in [5, 5.41) is 6.72. The maximum atomic E-state index is 12.2. The van der Waals surface area contributed by atoms with Gasteiger partial charge in [-0.25, -0.2) is 9.97 Å². The number of nitrogens with zero attached hydrogens (tertiary/aromatic N) is 4. The minimum Gasteiger partial charge on any atom is -0.368 e. The zero-order chi connectivity index (χ0) is 16.4. The number of nitrogens with two attached hydrogens (primary N) is 1. The van der Waals surface area contributed by atoms with Gasteiger partial charge in [0.15, 0.2) is 5.82 Å². The van der Waals surface area contributed by atoms with E-state index in [0.29, 0.717) is 24.8 Å². The van der Waals surface area contributed by atoms with Gasteiger partial charge in [-0.1, -0.05) is 19.0 Å². The van der Waals surface area contributed by atoms with Crippen LogP contribution in [0.5, 0.6) is 0 Å². The van der Waals surface area contributed by atoms with Crippen LogP contribution < -0.4 is 11.1 Å². The number of anilines is 1. The van der Waals surface area contributed by atoms with Crippen molar-refractivity contribution in [3.05, 3.63) is 29.2 Å². The fraction of sp³-hybridized carbons (Fsp3) is 0.533. The highest BCUT2D eigenvalue weighted by molar-refractivity contribution is 5.92. The van der Waals surface area contributed by atoms with Crippen molar-refractivity contribution >= 4 is 11.9 Å². The van der Waals surface area contributed by atoms with Crippen LogP contribution in [0.4, 0.5) is 5.95 Å². The Balaban J connectivity index is 1.56. The molecule has 1 saturated carbocycles. The van der Waals surface area contributed by atoms with Gasteiger partial charge in [0.05, 0.1) is 0 Å². The summed E-state index contributed by atoms with van der Waals surface area (Å²) < 4.78 is 5.17. The summed E-state index contributed by atoms with van der Waals surface area (Å²) in [5.41, 5.74) is 6.67. The van der Waals surface area contributed by atoms with E-state index in [9.17, 15) is 4.79 Å². The van der Waals surface area contributed by atoms with Crippen molar-refractivity contribution in [3.8, 4) is 0 Å². The second kappa shape index (κ2) is 6.31. The molecule has 0 aliphatic heterocycles. The lowest BCUT2D eigenvalue weighted by Crippen LogP contribution is -2.27. The Kier molecular flexibility index (Phi) is 4.22. The Hall–Kier alpha value is -2.51. The topological polar surface area (TPSA) is 120 Å². The third-order valence-corrected chi connectivity index (χ3v) is 3.64. The normalized spacial score (nSPS) is 14.2. The summed E-state index contributed by atoms with van der Waals surface area (Å²) in [7, 11) is 0. The predicted molar refractivity (Wildman–Crippen MR) is 82.8 cm³/mol. The first-order valence-electron chi connectivity index (χ1n) is 7.78. The van der Waals surface area contributed by atoms with Crippen molar-refractivity contribution in [1.82, 2.24) is 25.4 Å². The van der Waals surface area contributed by atoms with E-state index in [-0.39, 0.29) is 23.5 Å². The van der Waals surface area contributed by atoms with Crippen LogP contribution in [0.15, 0.2) is 10.6 Å². The molecular formula is C15H20N6O2. The van der Waals surface area contributed by atoms with E-state index < -0.39 is 0 Å². The highest BCUT2D eigenvalue weighted by Gasteiger charge is 2.28. The third kappa shape index (κ3) is 3.82. The summed E-state index contributed by atoms with van der Waals surface area (Å²) in [5.74, 6) is 1.76. The molecule has 0 aromatic carbocycles. The molecule has 1 amide bonds. The molecule has 8 heteroatoms. The summed E-state index contributed by atoms with van der Waals surface area (Å²) in [6.45, 7) is 4.36. The molecule has 0 bridgehead atoms.